The number of methoxy groups -OCH3 is 2. The Labute approximate surface area is 93.7 Å². The summed E-state index contributed by atoms with van der Waals surface area (Å²) >= 11 is 11.7. The van der Waals surface area contributed by atoms with Gasteiger partial charge in [0, 0.05) is 11.1 Å². The third-order valence-corrected chi connectivity index (χ3v) is 2.59. The van der Waals surface area contributed by atoms with Crippen molar-refractivity contribution in [1.82, 2.24) is 0 Å². The number of alkyl halides is 2. The molecule has 0 atom stereocenters. The Balaban J connectivity index is 3.28. The van der Waals surface area contributed by atoms with Crippen LogP contribution in [0.25, 0.3) is 0 Å². The number of hydrogen-bond donors (Lipinski definition) is 0. The van der Waals surface area contributed by atoms with Crippen molar-refractivity contribution in [2.75, 3.05) is 14.2 Å². The minimum atomic E-state index is 0.364. The average molecular weight is 235 g/mol. The molecule has 0 aliphatic carbocycles. The first-order chi connectivity index (χ1) is 6.78. The van der Waals surface area contributed by atoms with Crippen LogP contribution in [0.3, 0.4) is 0 Å². The molecule has 0 bridgehead atoms. The molecule has 1 aromatic carbocycles. The second kappa shape index (κ2) is 5.32. The molecule has 0 saturated heterocycles. The van der Waals surface area contributed by atoms with Gasteiger partial charge in [0.15, 0.2) is 0 Å². The molecule has 0 saturated carbocycles. The molecule has 0 spiro atoms. The molecule has 0 fully saturated rings. The molecule has 2 nitrogen and oxygen atoms in total. The molecule has 1 rings (SSSR count). The molecule has 0 aromatic heterocycles. The molecule has 0 aliphatic rings. The Morgan fingerprint density at radius 1 is 0.929 bits per heavy atom. The van der Waals surface area contributed by atoms with E-state index in [4.69, 9.17) is 32.7 Å². The number of ether oxygens (including phenoxy) is 2. The summed E-state index contributed by atoms with van der Waals surface area (Å²) < 4.78 is 10.4. The van der Waals surface area contributed by atoms with Crippen molar-refractivity contribution >= 4 is 23.2 Å². The molecule has 0 aliphatic heterocycles. The zero-order valence-corrected chi connectivity index (χ0v) is 9.65. The largest absolute Gasteiger partial charge is 0.496 e. The van der Waals surface area contributed by atoms with Crippen LogP contribution in [0.1, 0.15) is 11.1 Å². The zero-order chi connectivity index (χ0) is 10.6. The van der Waals surface area contributed by atoms with Crippen LogP contribution in [0.4, 0.5) is 0 Å². The predicted octanol–water partition coefficient (Wildman–Crippen LogP) is 3.18. The van der Waals surface area contributed by atoms with E-state index in [9.17, 15) is 0 Å². The van der Waals surface area contributed by atoms with Gasteiger partial charge in [0.25, 0.3) is 0 Å². The van der Waals surface area contributed by atoms with E-state index in [1.165, 1.54) is 0 Å². The summed E-state index contributed by atoms with van der Waals surface area (Å²) in [6.45, 7) is 0. The average Bonchev–Trinajstić information content (AvgIpc) is 2.26. The maximum absolute atomic E-state index is 5.83. The van der Waals surface area contributed by atoms with Crippen molar-refractivity contribution in [3.8, 4) is 11.5 Å². The van der Waals surface area contributed by atoms with Gasteiger partial charge < -0.3 is 9.47 Å². The molecule has 14 heavy (non-hydrogen) atoms. The Morgan fingerprint density at radius 2 is 1.29 bits per heavy atom. The fourth-order valence-corrected chi connectivity index (χ4v) is 1.91. The van der Waals surface area contributed by atoms with E-state index in [2.05, 4.69) is 0 Å². The number of hydrogen-bond acceptors (Lipinski definition) is 2. The highest BCUT2D eigenvalue weighted by Crippen LogP contribution is 2.32. The molecule has 0 heterocycles. The quantitative estimate of drug-likeness (QED) is 0.746. The standard InChI is InChI=1S/C10H12Cl2O2/c1-13-9-3-4-10(14-2)8(6-12)7(9)5-11/h3-4H,5-6H2,1-2H3. The SMILES string of the molecule is COc1ccc(OC)c(CCl)c1CCl. The van der Waals surface area contributed by atoms with Crippen LogP contribution < -0.4 is 9.47 Å². The highest BCUT2D eigenvalue weighted by molar-refractivity contribution is 6.19. The van der Waals surface area contributed by atoms with Gasteiger partial charge in [0.1, 0.15) is 11.5 Å². The molecular weight excluding hydrogens is 223 g/mol. The zero-order valence-electron chi connectivity index (χ0n) is 8.14. The van der Waals surface area contributed by atoms with E-state index in [-0.39, 0.29) is 0 Å². The Hall–Kier alpha value is -0.600. The Kier molecular flexibility index (Phi) is 4.36. The molecule has 0 radical (unpaired) electrons. The minimum absolute atomic E-state index is 0.364. The van der Waals surface area contributed by atoms with Crippen LogP contribution >= 0.6 is 23.2 Å². The van der Waals surface area contributed by atoms with E-state index < -0.39 is 0 Å². The maximum Gasteiger partial charge on any atom is 0.123 e. The highest BCUT2D eigenvalue weighted by atomic mass is 35.5. The first-order valence-corrected chi connectivity index (χ1v) is 5.20. The third kappa shape index (κ3) is 2.07. The van der Waals surface area contributed by atoms with Crippen molar-refractivity contribution in [2.24, 2.45) is 0 Å². The van der Waals surface area contributed by atoms with Crippen molar-refractivity contribution < 1.29 is 9.47 Å². The monoisotopic (exact) mass is 234 g/mol. The van der Waals surface area contributed by atoms with Gasteiger partial charge in [0.05, 0.1) is 26.0 Å². The minimum Gasteiger partial charge on any atom is -0.496 e. The van der Waals surface area contributed by atoms with Gasteiger partial charge in [-0.3, -0.25) is 0 Å². The number of rotatable bonds is 4. The van der Waals surface area contributed by atoms with Gasteiger partial charge in [-0.25, -0.2) is 0 Å². The molecule has 4 heteroatoms. The smallest absolute Gasteiger partial charge is 0.123 e. The summed E-state index contributed by atoms with van der Waals surface area (Å²) in [6.07, 6.45) is 0. The summed E-state index contributed by atoms with van der Waals surface area (Å²) in [7, 11) is 3.21. The van der Waals surface area contributed by atoms with E-state index in [0.717, 1.165) is 22.6 Å². The lowest BCUT2D eigenvalue weighted by Crippen LogP contribution is -1.98. The Bertz CT molecular complexity index is 282. The molecular formula is C10H12Cl2O2. The third-order valence-electron chi connectivity index (χ3n) is 2.05. The van der Waals surface area contributed by atoms with E-state index in [1.54, 1.807) is 14.2 Å². The lowest BCUT2D eigenvalue weighted by atomic mass is 10.1. The summed E-state index contributed by atoms with van der Waals surface area (Å²) in [5.41, 5.74) is 1.78. The van der Waals surface area contributed by atoms with Gasteiger partial charge in [0.2, 0.25) is 0 Å². The van der Waals surface area contributed by atoms with Gasteiger partial charge in [-0.15, -0.1) is 23.2 Å². The van der Waals surface area contributed by atoms with Crippen LogP contribution in [0.2, 0.25) is 0 Å². The Morgan fingerprint density at radius 3 is 1.50 bits per heavy atom. The van der Waals surface area contributed by atoms with Gasteiger partial charge in [-0.1, -0.05) is 0 Å². The van der Waals surface area contributed by atoms with E-state index >= 15 is 0 Å². The van der Waals surface area contributed by atoms with E-state index in [1.807, 2.05) is 12.1 Å². The van der Waals surface area contributed by atoms with Gasteiger partial charge in [-0.05, 0) is 12.1 Å². The van der Waals surface area contributed by atoms with Gasteiger partial charge in [-0.2, -0.15) is 0 Å². The first-order valence-electron chi connectivity index (χ1n) is 4.13. The fraction of sp³-hybridized carbons (Fsp3) is 0.400. The number of benzene rings is 1. The molecule has 0 amide bonds. The molecule has 0 unspecified atom stereocenters. The maximum atomic E-state index is 5.83. The van der Waals surface area contributed by atoms with Gasteiger partial charge >= 0.3 is 0 Å². The summed E-state index contributed by atoms with van der Waals surface area (Å²) in [6, 6.07) is 3.65. The van der Waals surface area contributed by atoms with Crippen LogP contribution in [0.15, 0.2) is 12.1 Å². The van der Waals surface area contributed by atoms with Crippen molar-refractivity contribution in [1.29, 1.82) is 0 Å². The summed E-state index contributed by atoms with van der Waals surface area (Å²) in [4.78, 5) is 0. The van der Waals surface area contributed by atoms with Crippen LogP contribution in [0, 0.1) is 0 Å². The first kappa shape index (κ1) is 11.5. The molecule has 78 valence electrons. The summed E-state index contributed by atoms with van der Waals surface area (Å²) in [5.74, 6) is 2.22. The normalized spacial score (nSPS) is 10.0. The van der Waals surface area contributed by atoms with Crippen molar-refractivity contribution in [2.45, 2.75) is 11.8 Å². The van der Waals surface area contributed by atoms with Crippen molar-refractivity contribution in [3.05, 3.63) is 23.3 Å². The van der Waals surface area contributed by atoms with Crippen LogP contribution in [-0.2, 0) is 11.8 Å². The number of halogens is 2. The second-order valence-corrected chi connectivity index (χ2v) is 3.23. The van der Waals surface area contributed by atoms with Crippen LogP contribution in [0.5, 0.6) is 11.5 Å². The molecule has 0 N–H and O–H groups in total. The lowest BCUT2D eigenvalue weighted by molar-refractivity contribution is 0.397. The van der Waals surface area contributed by atoms with Crippen molar-refractivity contribution in [3.63, 3.8) is 0 Å². The van der Waals surface area contributed by atoms with E-state index in [0.29, 0.717) is 11.8 Å². The fourth-order valence-electron chi connectivity index (χ4n) is 1.33. The highest BCUT2D eigenvalue weighted by Gasteiger charge is 2.12. The summed E-state index contributed by atoms with van der Waals surface area (Å²) in [5, 5.41) is 0. The predicted molar refractivity (Wildman–Crippen MR) is 58.7 cm³/mol. The lowest BCUT2D eigenvalue weighted by Gasteiger charge is -2.13. The van der Waals surface area contributed by atoms with Crippen LogP contribution in [-0.4, -0.2) is 14.2 Å². The second-order valence-electron chi connectivity index (χ2n) is 2.69. The topological polar surface area (TPSA) is 18.5 Å². The molecule has 1 aromatic rings.